The average Bonchev–Trinajstić information content (AvgIpc) is 3.46. The maximum atomic E-state index is 14.4. The van der Waals surface area contributed by atoms with Gasteiger partial charge in [0.15, 0.2) is 5.82 Å². The Hall–Kier alpha value is -3.56. The minimum Gasteiger partial charge on any atom is -0.256 e. The van der Waals surface area contributed by atoms with Gasteiger partial charge in [0.1, 0.15) is 5.82 Å². The highest BCUT2D eigenvalue weighted by Gasteiger charge is 2.36. The van der Waals surface area contributed by atoms with E-state index >= 15 is 0 Å². The molecular weight excluding hydrogens is 414 g/mol. The fourth-order valence-corrected chi connectivity index (χ4v) is 3.53. The predicted molar refractivity (Wildman–Crippen MR) is 115 cm³/mol. The van der Waals surface area contributed by atoms with Crippen LogP contribution in [0, 0.1) is 0 Å². The number of nitrogens with zero attached hydrogens (tertiary/aromatic N) is 7. The van der Waals surface area contributed by atoms with Crippen LogP contribution in [0.3, 0.4) is 0 Å². The number of pyridine rings is 1. The van der Waals surface area contributed by atoms with Crippen molar-refractivity contribution in [2.75, 3.05) is 0 Å². The molecule has 0 bridgehead atoms. The molecule has 3 heterocycles. The van der Waals surface area contributed by atoms with E-state index < -0.39 is 11.7 Å². The maximum Gasteiger partial charge on any atom is 0.308 e. The molecule has 0 fully saturated rings. The molecule has 8 nitrogen and oxygen atoms in total. The van der Waals surface area contributed by atoms with Gasteiger partial charge in [-0.05, 0) is 34.9 Å². The summed E-state index contributed by atoms with van der Waals surface area (Å²) in [5.41, 5.74) is 3.34. The third-order valence-electron chi connectivity index (χ3n) is 5.07. The second-order valence-corrected chi connectivity index (χ2v) is 7.55. The van der Waals surface area contributed by atoms with Gasteiger partial charge in [-0.2, -0.15) is 8.78 Å². The molecule has 4 aromatic rings. The lowest BCUT2D eigenvalue weighted by Gasteiger charge is -2.10. The first kappa shape index (κ1) is 21.7. The van der Waals surface area contributed by atoms with Crippen molar-refractivity contribution in [1.82, 2.24) is 40.4 Å². The number of rotatable bonds is 9. The molecule has 0 aliphatic rings. The first-order valence-corrected chi connectivity index (χ1v) is 10.6. The molecule has 166 valence electrons. The van der Waals surface area contributed by atoms with Gasteiger partial charge in [-0.3, -0.25) is 4.98 Å². The first-order chi connectivity index (χ1) is 15.5. The van der Waals surface area contributed by atoms with E-state index in [0.29, 0.717) is 31.0 Å². The number of halogens is 2. The summed E-state index contributed by atoms with van der Waals surface area (Å²) >= 11 is 0. The monoisotopic (exact) mass is 438 g/mol. The zero-order chi connectivity index (χ0) is 22.6. The van der Waals surface area contributed by atoms with Crippen LogP contribution in [0.2, 0.25) is 0 Å². The number of aryl methyl sites for hydroxylation is 1. The van der Waals surface area contributed by atoms with Crippen LogP contribution >= 0.6 is 0 Å². The van der Waals surface area contributed by atoms with Crippen LogP contribution in [0.15, 0.2) is 42.6 Å². The number of hydrogen-bond donors (Lipinski definition) is 1. The van der Waals surface area contributed by atoms with E-state index in [-0.39, 0.29) is 6.42 Å². The number of H-pyrrole nitrogens is 1. The maximum absolute atomic E-state index is 14.4. The second kappa shape index (κ2) is 9.29. The zero-order valence-electron chi connectivity index (χ0n) is 18.0. The Morgan fingerprint density at radius 2 is 1.84 bits per heavy atom. The Morgan fingerprint density at radius 1 is 1.03 bits per heavy atom. The molecule has 0 aliphatic heterocycles. The van der Waals surface area contributed by atoms with E-state index in [1.54, 1.807) is 17.8 Å². The lowest BCUT2D eigenvalue weighted by atomic mass is 10.0. The number of nitrogens with one attached hydrogen (secondary N) is 1. The van der Waals surface area contributed by atoms with E-state index in [9.17, 15) is 8.78 Å². The zero-order valence-corrected chi connectivity index (χ0v) is 18.0. The van der Waals surface area contributed by atoms with Gasteiger partial charge in [-0.15, -0.1) is 10.2 Å². The molecule has 0 radical (unpaired) electrons. The van der Waals surface area contributed by atoms with Gasteiger partial charge in [0.2, 0.25) is 5.82 Å². The topological polar surface area (TPSA) is 98.1 Å². The standard InChI is InChI=1S/C22H24F2N8/c1-3-11-22(23,24)21-26-19(32(29-21)12-4-2)13-15-9-10-18(25-14-15)16-7-5-6-8-17(16)20-27-30-31-28-20/h5-10,14H,3-4,11-13H2,1-2H3,(H,27,28,30,31). The molecule has 0 saturated carbocycles. The van der Waals surface area contributed by atoms with E-state index in [0.717, 1.165) is 28.8 Å². The highest BCUT2D eigenvalue weighted by Crippen LogP contribution is 2.31. The lowest BCUT2D eigenvalue weighted by Crippen LogP contribution is -2.15. The molecule has 0 unspecified atom stereocenters. The minimum absolute atomic E-state index is 0.265. The number of aromatic nitrogens is 8. The molecule has 4 rings (SSSR count). The van der Waals surface area contributed by atoms with E-state index in [4.69, 9.17) is 0 Å². The molecule has 1 aromatic carbocycles. The summed E-state index contributed by atoms with van der Waals surface area (Å²) in [6.45, 7) is 4.24. The van der Waals surface area contributed by atoms with Gasteiger partial charge in [0, 0.05) is 36.7 Å². The molecule has 0 atom stereocenters. The Morgan fingerprint density at radius 3 is 2.50 bits per heavy atom. The summed E-state index contributed by atoms with van der Waals surface area (Å²) in [6, 6.07) is 11.5. The van der Waals surface area contributed by atoms with Gasteiger partial charge >= 0.3 is 5.92 Å². The van der Waals surface area contributed by atoms with Crippen LogP contribution in [0.4, 0.5) is 8.78 Å². The third kappa shape index (κ3) is 4.53. The summed E-state index contributed by atoms with van der Waals surface area (Å²) in [5.74, 6) is -2.36. The fourth-order valence-electron chi connectivity index (χ4n) is 3.53. The van der Waals surface area contributed by atoms with Crippen LogP contribution in [-0.4, -0.2) is 40.4 Å². The van der Waals surface area contributed by atoms with Crippen molar-refractivity contribution >= 4 is 0 Å². The normalized spacial score (nSPS) is 11.8. The number of alkyl halides is 2. The summed E-state index contributed by atoms with van der Waals surface area (Å²) < 4.78 is 30.3. The van der Waals surface area contributed by atoms with Crippen LogP contribution in [0.5, 0.6) is 0 Å². The van der Waals surface area contributed by atoms with Crippen molar-refractivity contribution in [2.45, 2.75) is 52.0 Å². The minimum atomic E-state index is -3.02. The number of aromatic amines is 1. The molecule has 3 aromatic heterocycles. The van der Waals surface area contributed by atoms with E-state index in [1.165, 1.54) is 0 Å². The lowest BCUT2D eigenvalue weighted by molar-refractivity contribution is -0.0232. The van der Waals surface area contributed by atoms with Crippen LogP contribution in [0.25, 0.3) is 22.6 Å². The van der Waals surface area contributed by atoms with Crippen molar-refractivity contribution < 1.29 is 8.78 Å². The first-order valence-electron chi connectivity index (χ1n) is 10.6. The Kier molecular flexibility index (Phi) is 6.29. The van der Waals surface area contributed by atoms with E-state index in [1.807, 2.05) is 43.3 Å². The molecule has 10 heteroatoms. The molecule has 0 saturated heterocycles. The number of tetrazole rings is 1. The Balaban J connectivity index is 1.60. The Bertz CT molecular complexity index is 1150. The largest absolute Gasteiger partial charge is 0.308 e. The van der Waals surface area contributed by atoms with Gasteiger partial charge in [0.25, 0.3) is 0 Å². The average molecular weight is 438 g/mol. The summed E-state index contributed by atoms with van der Waals surface area (Å²) in [6.07, 6.45) is 2.98. The second-order valence-electron chi connectivity index (χ2n) is 7.55. The Labute approximate surface area is 184 Å². The molecule has 0 spiro atoms. The third-order valence-corrected chi connectivity index (χ3v) is 5.07. The predicted octanol–water partition coefficient (Wildman–Crippen LogP) is 4.41. The molecular formula is C22H24F2N8. The van der Waals surface area contributed by atoms with Crippen molar-refractivity contribution in [3.63, 3.8) is 0 Å². The van der Waals surface area contributed by atoms with E-state index in [2.05, 4.69) is 35.7 Å². The van der Waals surface area contributed by atoms with Gasteiger partial charge < -0.3 is 0 Å². The van der Waals surface area contributed by atoms with Crippen LogP contribution in [0.1, 0.15) is 50.3 Å². The summed E-state index contributed by atoms with van der Waals surface area (Å²) in [4.78, 5) is 8.78. The molecule has 32 heavy (non-hydrogen) atoms. The van der Waals surface area contributed by atoms with Crippen molar-refractivity contribution in [3.8, 4) is 22.6 Å². The number of hydrogen-bond acceptors (Lipinski definition) is 6. The van der Waals surface area contributed by atoms with Crippen molar-refractivity contribution in [3.05, 3.63) is 59.8 Å². The van der Waals surface area contributed by atoms with Crippen molar-refractivity contribution in [1.29, 1.82) is 0 Å². The number of benzene rings is 1. The van der Waals surface area contributed by atoms with Crippen LogP contribution < -0.4 is 0 Å². The van der Waals surface area contributed by atoms with Gasteiger partial charge in [-0.25, -0.2) is 14.8 Å². The van der Waals surface area contributed by atoms with Crippen LogP contribution in [-0.2, 0) is 18.9 Å². The fraction of sp³-hybridized carbons (Fsp3) is 0.364. The van der Waals surface area contributed by atoms with Crippen molar-refractivity contribution in [2.24, 2.45) is 0 Å². The van der Waals surface area contributed by atoms with Gasteiger partial charge in [-0.1, -0.05) is 44.2 Å². The summed E-state index contributed by atoms with van der Waals surface area (Å²) in [5, 5.41) is 18.1. The molecule has 0 amide bonds. The highest BCUT2D eigenvalue weighted by atomic mass is 19.3. The SMILES string of the molecule is CCCn1nc(C(F)(F)CCC)nc1Cc1ccc(-c2ccccc2-c2nnn[nH]2)nc1. The smallest absolute Gasteiger partial charge is 0.256 e. The molecule has 1 N–H and O–H groups in total. The molecule has 0 aliphatic carbocycles. The summed E-state index contributed by atoms with van der Waals surface area (Å²) in [7, 11) is 0. The highest BCUT2D eigenvalue weighted by molar-refractivity contribution is 5.78. The van der Waals surface area contributed by atoms with Gasteiger partial charge in [0.05, 0.1) is 5.69 Å². The quantitative estimate of drug-likeness (QED) is 0.416.